The van der Waals surface area contributed by atoms with Crippen molar-refractivity contribution in [1.82, 2.24) is 4.98 Å². The first-order chi connectivity index (χ1) is 11.6. The van der Waals surface area contributed by atoms with E-state index in [0.717, 1.165) is 23.6 Å². The Kier molecular flexibility index (Phi) is 5.41. The van der Waals surface area contributed by atoms with Crippen molar-refractivity contribution in [2.75, 3.05) is 16.8 Å². The van der Waals surface area contributed by atoms with Gasteiger partial charge in [-0.1, -0.05) is 26.0 Å². The molecule has 126 valence electrons. The Labute approximate surface area is 147 Å². The first kappa shape index (κ1) is 16.8. The zero-order valence-corrected chi connectivity index (χ0v) is 14.8. The van der Waals surface area contributed by atoms with E-state index in [-0.39, 0.29) is 12.0 Å². The van der Waals surface area contributed by atoms with E-state index >= 15 is 0 Å². The summed E-state index contributed by atoms with van der Waals surface area (Å²) in [5.41, 5.74) is 2.59. The molecule has 1 atom stereocenters. The summed E-state index contributed by atoms with van der Waals surface area (Å²) in [4.78, 5) is 16.6. The smallest absolute Gasteiger partial charge is 0.255 e. The monoisotopic (exact) mass is 342 g/mol. The molecule has 1 aliphatic heterocycles. The number of carbonyl (C=O) groups excluding carboxylic acids is 1. The SMILES string of the molecule is CC(C)c1ccc(NC(=O)c2ccnc(OC3CCSC3)c2)cc1. The standard InChI is InChI=1S/C19H22N2O2S/c1-13(2)14-3-5-16(6-4-14)21-19(22)15-7-9-20-18(11-15)23-17-8-10-24-12-17/h3-7,9,11,13,17H,8,10,12H2,1-2H3,(H,21,22). The molecule has 1 saturated heterocycles. The predicted octanol–water partition coefficient (Wildman–Crippen LogP) is 4.34. The number of nitrogens with zero attached hydrogens (tertiary/aromatic N) is 1. The number of aromatic nitrogens is 1. The highest BCUT2D eigenvalue weighted by Gasteiger charge is 2.18. The number of carbonyl (C=O) groups is 1. The summed E-state index contributed by atoms with van der Waals surface area (Å²) in [6.07, 6.45) is 2.85. The van der Waals surface area contributed by atoms with Crippen LogP contribution >= 0.6 is 11.8 Å². The van der Waals surface area contributed by atoms with E-state index in [1.807, 2.05) is 36.0 Å². The summed E-state index contributed by atoms with van der Waals surface area (Å²) in [5, 5.41) is 2.92. The Morgan fingerprint density at radius 3 is 2.75 bits per heavy atom. The van der Waals surface area contributed by atoms with Gasteiger partial charge in [-0.2, -0.15) is 11.8 Å². The van der Waals surface area contributed by atoms with E-state index in [1.54, 1.807) is 18.3 Å². The third-order valence-electron chi connectivity index (χ3n) is 4.01. The molecule has 0 saturated carbocycles. The third-order valence-corrected chi connectivity index (χ3v) is 5.14. The molecule has 4 nitrogen and oxygen atoms in total. The van der Waals surface area contributed by atoms with E-state index < -0.39 is 0 Å². The van der Waals surface area contributed by atoms with Crippen molar-refractivity contribution in [3.8, 4) is 5.88 Å². The molecular formula is C19H22N2O2S. The van der Waals surface area contributed by atoms with Gasteiger partial charge >= 0.3 is 0 Å². The summed E-state index contributed by atoms with van der Waals surface area (Å²) in [5.74, 6) is 2.95. The highest BCUT2D eigenvalue weighted by Crippen LogP contribution is 2.23. The first-order valence-corrected chi connectivity index (χ1v) is 9.39. The lowest BCUT2D eigenvalue weighted by atomic mass is 10.0. The lowest BCUT2D eigenvalue weighted by molar-refractivity contribution is 0.102. The Morgan fingerprint density at radius 2 is 2.08 bits per heavy atom. The minimum absolute atomic E-state index is 0.152. The molecule has 0 aliphatic carbocycles. The molecule has 1 aromatic carbocycles. The largest absolute Gasteiger partial charge is 0.473 e. The summed E-state index contributed by atoms with van der Waals surface area (Å²) in [6.45, 7) is 4.30. The van der Waals surface area contributed by atoms with E-state index in [1.165, 1.54) is 5.56 Å². The number of pyridine rings is 1. The number of hydrogen-bond acceptors (Lipinski definition) is 4. The fourth-order valence-corrected chi connectivity index (χ4v) is 3.64. The van der Waals surface area contributed by atoms with Gasteiger partial charge in [0.25, 0.3) is 5.91 Å². The van der Waals surface area contributed by atoms with Crippen LogP contribution in [0.15, 0.2) is 42.6 Å². The highest BCUT2D eigenvalue weighted by molar-refractivity contribution is 7.99. The fraction of sp³-hybridized carbons (Fsp3) is 0.368. The van der Waals surface area contributed by atoms with E-state index in [2.05, 4.69) is 24.1 Å². The van der Waals surface area contributed by atoms with Gasteiger partial charge in [0.15, 0.2) is 0 Å². The van der Waals surface area contributed by atoms with Gasteiger partial charge in [-0.25, -0.2) is 4.98 Å². The zero-order valence-electron chi connectivity index (χ0n) is 14.0. The minimum atomic E-state index is -0.152. The first-order valence-electron chi connectivity index (χ1n) is 8.23. The maximum Gasteiger partial charge on any atom is 0.255 e. The predicted molar refractivity (Wildman–Crippen MR) is 99.1 cm³/mol. The Balaban J connectivity index is 1.65. The van der Waals surface area contributed by atoms with Crippen molar-refractivity contribution < 1.29 is 9.53 Å². The van der Waals surface area contributed by atoms with Gasteiger partial charge < -0.3 is 10.1 Å². The number of ether oxygens (including phenoxy) is 1. The molecule has 0 bridgehead atoms. The number of rotatable bonds is 5. The topological polar surface area (TPSA) is 51.2 Å². The van der Waals surface area contributed by atoms with E-state index in [0.29, 0.717) is 17.4 Å². The van der Waals surface area contributed by atoms with Crippen LogP contribution in [-0.2, 0) is 0 Å². The minimum Gasteiger partial charge on any atom is -0.473 e. The van der Waals surface area contributed by atoms with Crippen LogP contribution in [0.4, 0.5) is 5.69 Å². The number of anilines is 1. The molecule has 0 spiro atoms. The maximum absolute atomic E-state index is 12.4. The number of amides is 1. The van der Waals surface area contributed by atoms with Gasteiger partial charge in [-0.3, -0.25) is 4.79 Å². The van der Waals surface area contributed by atoms with Gasteiger partial charge in [0, 0.05) is 29.3 Å². The van der Waals surface area contributed by atoms with Gasteiger partial charge in [-0.15, -0.1) is 0 Å². The second-order valence-electron chi connectivity index (χ2n) is 6.22. The molecule has 1 fully saturated rings. The van der Waals surface area contributed by atoms with Crippen molar-refractivity contribution in [3.63, 3.8) is 0 Å². The summed E-state index contributed by atoms with van der Waals surface area (Å²) in [6, 6.07) is 11.4. The molecule has 5 heteroatoms. The Morgan fingerprint density at radius 1 is 1.29 bits per heavy atom. The van der Waals surface area contributed by atoms with Crippen molar-refractivity contribution in [2.24, 2.45) is 0 Å². The Bertz CT molecular complexity index is 695. The van der Waals surface area contributed by atoms with Crippen LogP contribution in [0, 0.1) is 0 Å². The fourth-order valence-electron chi connectivity index (χ4n) is 2.55. The van der Waals surface area contributed by atoms with Gasteiger partial charge in [-0.05, 0) is 41.9 Å². The Hall–Kier alpha value is -2.01. The number of hydrogen-bond donors (Lipinski definition) is 1. The second-order valence-corrected chi connectivity index (χ2v) is 7.37. The highest BCUT2D eigenvalue weighted by atomic mass is 32.2. The molecule has 3 rings (SSSR count). The lowest BCUT2D eigenvalue weighted by Gasteiger charge is -2.12. The van der Waals surface area contributed by atoms with Crippen molar-refractivity contribution >= 4 is 23.4 Å². The number of benzene rings is 1. The number of nitrogens with one attached hydrogen (secondary N) is 1. The molecule has 1 amide bonds. The molecule has 2 heterocycles. The van der Waals surface area contributed by atoms with Crippen LogP contribution in [0.1, 0.15) is 42.1 Å². The van der Waals surface area contributed by atoms with Crippen LogP contribution in [0.25, 0.3) is 0 Å². The molecule has 1 unspecified atom stereocenters. The van der Waals surface area contributed by atoms with Crippen LogP contribution in [0.5, 0.6) is 5.88 Å². The zero-order chi connectivity index (χ0) is 16.9. The quantitative estimate of drug-likeness (QED) is 0.878. The van der Waals surface area contributed by atoms with Gasteiger partial charge in [0.1, 0.15) is 6.10 Å². The van der Waals surface area contributed by atoms with Crippen LogP contribution in [-0.4, -0.2) is 28.5 Å². The molecule has 1 aromatic heterocycles. The lowest BCUT2D eigenvalue weighted by Crippen LogP contribution is -2.17. The van der Waals surface area contributed by atoms with Crippen molar-refractivity contribution in [2.45, 2.75) is 32.3 Å². The summed E-state index contributed by atoms with van der Waals surface area (Å²) >= 11 is 1.88. The van der Waals surface area contributed by atoms with Crippen LogP contribution in [0.2, 0.25) is 0 Å². The number of thioether (sulfide) groups is 1. The molecule has 0 radical (unpaired) electrons. The molecule has 1 N–H and O–H groups in total. The van der Waals surface area contributed by atoms with E-state index in [9.17, 15) is 4.79 Å². The second kappa shape index (κ2) is 7.71. The van der Waals surface area contributed by atoms with Crippen molar-refractivity contribution in [1.29, 1.82) is 0 Å². The summed E-state index contributed by atoms with van der Waals surface area (Å²) in [7, 11) is 0. The van der Waals surface area contributed by atoms with Gasteiger partial charge in [0.2, 0.25) is 5.88 Å². The maximum atomic E-state index is 12.4. The molecular weight excluding hydrogens is 320 g/mol. The van der Waals surface area contributed by atoms with Gasteiger partial charge in [0.05, 0.1) is 0 Å². The normalized spacial score (nSPS) is 17.0. The van der Waals surface area contributed by atoms with E-state index in [4.69, 9.17) is 4.74 Å². The molecule has 1 aliphatic rings. The molecule has 24 heavy (non-hydrogen) atoms. The average molecular weight is 342 g/mol. The average Bonchev–Trinajstić information content (AvgIpc) is 3.08. The van der Waals surface area contributed by atoms with Crippen LogP contribution in [0.3, 0.4) is 0 Å². The third kappa shape index (κ3) is 4.29. The summed E-state index contributed by atoms with van der Waals surface area (Å²) < 4.78 is 5.85. The van der Waals surface area contributed by atoms with Crippen LogP contribution < -0.4 is 10.1 Å². The van der Waals surface area contributed by atoms with Crippen molar-refractivity contribution in [3.05, 3.63) is 53.7 Å². The molecule has 2 aromatic rings.